The van der Waals surface area contributed by atoms with Crippen LogP contribution in [0.3, 0.4) is 0 Å². The Morgan fingerprint density at radius 3 is 2.56 bits per heavy atom. The molecule has 47 valence electrons. The van der Waals surface area contributed by atoms with Gasteiger partial charge in [-0.3, -0.25) is 0 Å². The quantitative estimate of drug-likeness (QED) is 0.622. The van der Waals surface area contributed by atoms with Crippen LogP contribution in [-0.4, -0.2) is 0 Å². The lowest BCUT2D eigenvalue weighted by atomic mass is 10.2. The standard InChI is InChI=1S/C7H5ClI/c1-5-2-3-7(9)6(8)4-5/h2-4H,1H2. The van der Waals surface area contributed by atoms with Gasteiger partial charge in [-0.15, -0.1) is 0 Å². The van der Waals surface area contributed by atoms with Crippen molar-refractivity contribution in [1.82, 2.24) is 0 Å². The van der Waals surface area contributed by atoms with Crippen molar-refractivity contribution < 1.29 is 0 Å². The van der Waals surface area contributed by atoms with Gasteiger partial charge in [0.05, 0.1) is 5.02 Å². The first-order chi connectivity index (χ1) is 4.20. The van der Waals surface area contributed by atoms with Crippen molar-refractivity contribution in [2.75, 3.05) is 0 Å². The summed E-state index contributed by atoms with van der Waals surface area (Å²) in [6.45, 7) is 3.73. The van der Waals surface area contributed by atoms with Gasteiger partial charge in [-0.25, -0.2) is 0 Å². The van der Waals surface area contributed by atoms with Gasteiger partial charge in [-0.2, -0.15) is 0 Å². The van der Waals surface area contributed by atoms with E-state index >= 15 is 0 Å². The molecule has 0 saturated carbocycles. The first-order valence-electron chi connectivity index (χ1n) is 2.47. The molecular formula is C7H5ClI. The van der Waals surface area contributed by atoms with Crippen molar-refractivity contribution in [3.05, 3.63) is 39.3 Å². The average molecular weight is 251 g/mol. The smallest absolute Gasteiger partial charge is 0.0542 e. The highest BCUT2D eigenvalue weighted by Gasteiger charge is 1.93. The van der Waals surface area contributed by atoms with Gasteiger partial charge in [0, 0.05) is 3.57 Å². The number of rotatable bonds is 0. The maximum absolute atomic E-state index is 5.77. The largest absolute Gasteiger partial charge is 0.0832 e. The molecule has 0 heterocycles. The van der Waals surface area contributed by atoms with Crippen LogP contribution in [0.2, 0.25) is 5.02 Å². The van der Waals surface area contributed by atoms with Crippen molar-refractivity contribution in [1.29, 1.82) is 0 Å². The zero-order valence-corrected chi connectivity index (χ0v) is 7.61. The molecule has 1 rings (SSSR count). The lowest BCUT2D eigenvalue weighted by molar-refractivity contribution is 1.57. The molecule has 0 nitrogen and oxygen atoms in total. The lowest BCUT2D eigenvalue weighted by Gasteiger charge is -1.94. The molecule has 2 heteroatoms. The predicted octanol–water partition coefficient (Wildman–Crippen LogP) is 3.13. The Morgan fingerprint density at radius 2 is 2.11 bits per heavy atom. The molecular weight excluding hydrogens is 246 g/mol. The Bertz CT molecular complexity index is 220. The molecule has 9 heavy (non-hydrogen) atoms. The van der Waals surface area contributed by atoms with Crippen LogP contribution in [0.1, 0.15) is 5.56 Å². The van der Waals surface area contributed by atoms with Crippen LogP contribution in [0.25, 0.3) is 0 Å². The van der Waals surface area contributed by atoms with E-state index in [1.807, 2.05) is 18.2 Å². The molecule has 0 amide bonds. The minimum atomic E-state index is 0.781. The van der Waals surface area contributed by atoms with Crippen LogP contribution < -0.4 is 0 Å². The Hall–Kier alpha value is 0.240. The van der Waals surface area contributed by atoms with Crippen LogP contribution >= 0.6 is 34.2 Å². The Kier molecular flexibility index (Phi) is 2.35. The first kappa shape index (κ1) is 7.35. The third-order valence-corrected chi connectivity index (χ3v) is 2.56. The van der Waals surface area contributed by atoms with Gasteiger partial charge in [-0.1, -0.05) is 17.7 Å². The van der Waals surface area contributed by atoms with Crippen molar-refractivity contribution in [3.8, 4) is 0 Å². The molecule has 0 aliphatic carbocycles. The number of hydrogen-bond acceptors (Lipinski definition) is 0. The molecule has 0 bridgehead atoms. The fourth-order valence-corrected chi connectivity index (χ4v) is 1.08. The minimum Gasteiger partial charge on any atom is -0.0832 e. The van der Waals surface area contributed by atoms with Crippen molar-refractivity contribution >= 4 is 34.2 Å². The van der Waals surface area contributed by atoms with Gasteiger partial charge < -0.3 is 0 Å². The molecule has 0 N–H and O–H groups in total. The van der Waals surface area contributed by atoms with Gasteiger partial charge in [-0.05, 0) is 47.2 Å². The van der Waals surface area contributed by atoms with Crippen LogP contribution in [0.15, 0.2) is 18.2 Å². The summed E-state index contributed by atoms with van der Waals surface area (Å²) in [7, 11) is 0. The summed E-state index contributed by atoms with van der Waals surface area (Å²) in [5.74, 6) is 0. The van der Waals surface area contributed by atoms with Crippen molar-refractivity contribution in [3.63, 3.8) is 0 Å². The van der Waals surface area contributed by atoms with E-state index in [0.29, 0.717) is 0 Å². The summed E-state index contributed by atoms with van der Waals surface area (Å²) >= 11 is 7.95. The number of benzene rings is 1. The topological polar surface area (TPSA) is 0 Å². The third kappa shape index (κ3) is 1.83. The Morgan fingerprint density at radius 1 is 1.44 bits per heavy atom. The summed E-state index contributed by atoms with van der Waals surface area (Å²) in [5, 5.41) is 0.781. The zero-order valence-electron chi connectivity index (χ0n) is 4.70. The van der Waals surface area contributed by atoms with Crippen LogP contribution in [0, 0.1) is 10.5 Å². The highest BCUT2D eigenvalue weighted by Crippen LogP contribution is 2.18. The zero-order chi connectivity index (χ0) is 6.85. The summed E-state index contributed by atoms with van der Waals surface area (Å²) in [6.07, 6.45) is 0. The number of hydrogen-bond donors (Lipinski definition) is 0. The second kappa shape index (κ2) is 2.88. The molecule has 0 spiro atoms. The lowest BCUT2D eigenvalue weighted by Crippen LogP contribution is -1.74. The van der Waals surface area contributed by atoms with E-state index in [1.54, 1.807) is 0 Å². The van der Waals surface area contributed by atoms with E-state index < -0.39 is 0 Å². The maximum atomic E-state index is 5.77. The first-order valence-corrected chi connectivity index (χ1v) is 3.93. The normalized spacial score (nSPS) is 9.67. The molecule has 0 unspecified atom stereocenters. The number of halogens is 2. The molecule has 1 aromatic carbocycles. The second-order valence-electron chi connectivity index (χ2n) is 1.75. The Balaban J connectivity index is 3.17. The van der Waals surface area contributed by atoms with Crippen molar-refractivity contribution in [2.24, 2.45) is 0 Å². The fourth-order valence-electron chi connectivity index (χ4n) is 0.540. The highest BCUT2D eigenvalue weighted by atomic mass is 127. The van der Waals surface area contributed by atoms with E-state index in [0.717, 1.165) is 14.2 Å². The van der Waals surface area contributed by atoms with Crippen LogP contribution in [-0.2, 0) is 0 Å². The summed E-state index contributed by atoms with van der Waals surface area (Å²) in [5.41, 5.74) is 0.959. The summed E-state index contributed by atoms with van der Waals surface area (Å²) in [6, 6.07) is 5.74. The maximum Gasteiger partial charge on any atom is 0.0542 e. The van der Waals surface area contributed by atoms with E-state index in [9.17, 15) is 0 Å². The molecule has 1 aromatic rings. The van der Waals surface area contributed by atoms with E-state index in [4.69, 9.17) is 11.6 Å². The van der Waals surface area contributed by atoms with Gasteiger partial charge in [0.15, 0.2) is 0 Å². The fraction of sp³-hybridized carbons (Fsp3) is 0. The molecule has 1 radical (unpaired) electrons. The third-order valence-electron chi connectivity index (χ3n) is 0.984. The van der Waals surface area contributed by atoms with E-state index in [2.05, 4.69) is 29.5 Å². The van der Waals surface area contributed by atoms with Gasteiger partial charge in [0.1, 0.15) is 0 Å². The molecule has 0 aromatic heterocycles. The second-order valence-corrected chi connectivity index (χ2v) is 3.32. The van der Waals surface area contributed by atoms with Crippen molar-refractivity contribution in [2.45, 2.75) is 0 Å². The minimum absolute atomic E-state index is 0.781. The predicted molar refractivity (Wildman–Crippen MR) is 48.6 cm³/mol. The highest BCUT2D eigenvalue weighted by molar-refractivity contribution is 14.1. The van der Waals surface area contributed by atoms with Crippen LogP contribution in [0.4, 0.5) is 0 Å². The SMILES string of the molecule is [CH2]c1ccc(I)c(Cl)c1. The van der Waals surface area contributed by atoms with Crippen LogP contribution in [0.5, 0.6) is 0 Å². The molecule has 0 aliphatic heterocycles. The summed E-state index contributed by atoms with van der Waals surface area (Å²) < 4.78 is 1.07. The molecule has 0 saturated heterocycles. The Labute approximate surface area is 73.4 Å². The molecule has 0 aliphatic rings. The van der Waals surface area contributed by atoms with Gasteiger partial charge in [0.2, 0.25) is 0 Å². The summed E-state index contributed by atoms with van der Waals surface area (Å²) in [4.78, 5) is 0. The monoisotopic (exact) mass is 251 g/mol. The van der Waals surface area contributed by atoms with E-state index in [1.165, 1.54) is 0 Å². The van der Waals surface area contributed by atoms with E-state index in [-0.39, 0.29) is 0 Å². The molecule has 0 fully saturated rings. The average Bonchev–Trinajstić information content (AvgIpc) is 1.80. The van der Waals surface area contributed by atoms with Gasteiger partial charge in [0.25, 0.3) is 0 Å². The van der Waals surface area contributed by atoms with Gasteiger partial charge >= 0.3 is 0 Å². The molecule has 0 atom stereocenters.